The Morgan fingerprint density at radius 3 is 2.16 bits per heavy atom. The Labute approximate surface area is 221 Å². The Balaban J connectivity index is 1.13. The fourth-order valence-corrected chi connectivity index (χ4v) is 8.62. The molecule has 5 aliphatic rings. The van der Waals surface area contributed by atoms with Gasteiger partial charge in [0.15, 0.2) is 0 Å². The summed E-state index contributed by atoms with van der Waals surface area (Å²) in [6.45, 7) is 10.0. The van der Waals surface area contributed by atoms with Gasteiger partial charge < -0.3 is 20.9 Å². The standard InChI is InChI=1S/C30H44N4O3/c1-5-20(2)25(35)31-24-10-12-34(13-11-24)26(36)22-6-8-23(9-7-22)32-27(37)33-30-16-21-14-28(3,18-30)17-29(4,15-21)19-30/h6-9,20-21,24H,5,10-19H2,1-4H3,(H,31,35)(H2,32,33,37)/t20?,21?,28-,29+,30?. The van der Waals surface area contributed by atoms with Crippen LogP contribution in [0.3, 0.4) is 0 Å². The molecule has 0 radical (unpaired) electrons. The number of amides is 4. The van der Waals surface area contributed by atoms with Crippen LogP contribution in [0.15, 0.2) is 24.3 Å². The van der Waals surface area contributed by atoms with Crippen molar-refractivity contribution in [1.29, 1.82) is 0 Å². The summed E-state index contributed by atoms with van der Waals surface area (Å²) >= 11 is 0. The van der Waals surface area contributed by atoms with E-state index in [-0.39, 0.29) is 35.3 Å². The number of likely N-dealkylation sites (tertiary alicyclic amines) is 1. The number of piperidine rings is 1. The molecule has 5 atom stereocenters. The number of carbonyl (C=O) groups excluding carboxylic acids is 3. The topological polar surface area (TPSA) is 90.5 Å². The molecule has 6 rings (SSSR count). The van der Waals surface area contributed by atoms with Crippen molar-refractivity contribution in [1.82, 2.24) is 15.5 Å². The highest BCUT2D eigenvalue weighted by Gasteiger charge is 2.60. The van der Waals surface area contributed by atoms with Crippen molar-refractivity contribution in [3.63, 3.8) is 0 Å². The lowest BCUT2D eigenvalue weighted by molar-refractivity contribution is -0.125. The smallest absolute Gasteiger partial charge is 0.319 e. The van der Waals surface area contributed by atoms with Gasteiger partial charge in [0, 0.05) is 41.8 Å². The summed E-state index contributed by atoms with van der Waals surface area (Å²) in [5.41, 5.74) is 1.91. The van der Waals surface area contributed by atoms with E-state index >= 15 is 0 Å². The molecule has 4 saturated carbocycles. The summed E-state index contributed by atoms with van der Waals surface area (Å²) in [5.74, 6) is 0.842. The molecule has 4 bridgehead atoms. The van der Waals surface area contributed by atoms with Crippen molar-refractivity contribution in [3.05, 3.63) is 29.8 Å². The van der Waals surface area contributed by atoms with E-state index in [4.69, 9.17) is 0 Å². The molecule has 3 N–H and O–H groups in total. The average Bonchev–Trinajstić information content (AvgIpc) is 2.81. The molecule has 1 aliphatic heterocycles. The van der Waals surface area contributed by atoms with Gasteiger partial charge in [0.2, 0.25) is 5.91 Å². The van der Waals surface area contributed by atoms with Gasteiger partial charge in [-0.25, -0.2) is 4.79 Å². The quantitative estimate of drug-likeness (QED) is 0.485. The number of nitrogens with zero attached hydrogens (tertiary/aromatic N) is 1. The predicted octanol–water partition coefficient (Wildman–Crippen LogP) is 5.32. The summed E-state index contributed by atoms with van der Waals surface area (Å²) in [5, 5.41) is 9.52. The summed E-state index contributed by atoms with van der Waals surface area (Å²) in [6, 6.07) is 7.20. The molecule has 4 amide bonds. The van der Waals surface area contributed by atoms with Crippen LogP contribution in [0.5, 0.6) is 0 Å². The lowest BCUT2D eigenvalue weighted by Crippen LogP contribution is -2.65. The number of anilines is 1. The fraction of sp³-hybridized carbons (Fsp3) is 0.700. The maximum absolute atomic E-state index is 13.0. The molecule has 1 aromatic carbocycles. The Morgan fingerprint density at radius 1 is 0.973 bits per heavy atom. The summed E-state index contributed by atoms with van der Waals surface area (Å²) in [7, 11) is 0. The van der Waals surface area contributed by atoms with E-state index in [0.717, 1.165) is 44.4 Å². The third kappa shape index (κ3) is 5.51. The van der Waals surface area contributed by atoms with Crippen LogP contribution in [0.25, 0.3) is 0 Å². The molecule has 0 spiro atoms. The molecule has 5 fully saturated rings. The van der Waals surface area contributed by atoms with Crippen LogP contribution in [0.1, 0.15) is 95.8 Å². The summed E-state index contributed by atoms with van der Waals surface area (Å²) < 4.78 is 0. The maximum Gasteiger partial charge on any atom is 0.319 e. The Morgan fingerprint density at radius 2 is 1.59 bits per heavy atom. The van der Waals surface area contributed by atoms with Gasteiger partial charge in [-0.2, -0.15) is 0 Å². The fourth-order valence-electron chi connectivity index (χ4n) is 8.62. The van der Waals surface area contributed by atoms with Crippen LogP contribution in [0.4, 0.5) is 10.5 Å². The monoisotopic (exact) mass is 508 g/mol. The molecular weight excluding hydrogens is 464 g/mol. The molecule has 4 aliphatic carbocycles. The zero-order valence-electron chi connectivity index (χ0n) is 23.0. The van der Waals surface area contributed by atoms with Crippen molar-refractivity contribution in [2.45, 2.75) is 97.1 Å². The molecule has 0 aromatic heterocycles. The van der Waals surface area contributed by atoms with Crippen LogP contribution < -0.4 is 16.0 Å². The van der Waals surface area contributed by atoms with Crippen molar-refractivity contribution in [3.8, 4) is 0 Å². The molecule has 37 heavy (non-hydrogen) atoms. The highest BCUT2D eigenvalue weighted by Crippen LogP contribution is 2.66. The second kappa shape index (κ2) is 9.63. The van der Waals surface area contributed by atoms with E-state index in [0.29, 0.717) is 35.2 Å². The Hall–Kier alpha value is -2.57. The molecule has 202 valence electrons. The van der Waals surface area contributed by atoms with Gasteiger partial charge >= 0.3 is 6.03 Å². The van der Waals surface area contributed by atoms with Crippen LogP contribution >= 0.6 is 0 Å². The number of nitrogens with one attached hydrogen (secondary N) is 3. The van der Waals surface area contributed by atoms with E-state index in [1.807, 2.05) is 30.9 Å². The van der Waals surface area contributed by atoms with Gasteiger partial charge in [-0.05, 0) is 98.8 Å². The molecule has 1 heterocycles. The second-order valence-electron chi connectivity index (χ2n) is 13.5. The third-order valence-electron chi connectivity index (χ3n) is 9.58. The lowest BCUT2D eigenvalue weighted by atomic mass is 9.43. The maximum atomic E-state index is 13.0. The molecule has 3 unspecified atom stereocenters. The Bertz CT molecular complexity index is 1030. The first-order valence-corrected chi connectivity index (χ1v) is 14.3. The number of hydrogen-bond donors (Lipinski definition) is 3. The predicted molar refractivity (Wildman–Crippen MR) is 145 cm³/mol. The number of rotatable bonds is 6. The number of hydrogen-bond acceptors (Lipinski definition) is 3. The van der Waals surface area contributed by atoms with Gasteiger partial charge in [-0.3, -0.25) is 9.59 Å². The van der Waals surface area contributed by atoms with Gasteiger partial charge in [0.05, 0.1) is 0 Å². The number of benzene rings is 1. The first-order chi connectivity index (χ1) is 17.5. The number of urea groups is 1. The van der Waals surface area contributed by atoms with Crippen molar-refractivity contribution >= 4 is 23.5 Å². The normalized spacial score (nSPS) is 33.6. The lowest BCUT2D eigenvalue weighted by Gasteiger charge is -2.65. The third-order valence-corrected chi connectivity index (χ3v) is 9.58. The highest BCUT2D eigenvalue weighted by atomic mass is 16.2. The molecule has 7 heteroatoms. The van der Waals surface area contributed by atoms with E-state index in [9.17, 15) is 14.4 Å². The first kappa shape index (κ1) is 26.1. The van der Waals surface area contributed by atoms with Crippen LogP contribution in [0, 0.1) is 22.7 Å². The van der Waals surface area contributed by atoms with E-state index in [2.05, 4.69) is 29.8 Å². The zero-order chi connectivity index (χ0) is 26.4. The SMILES string of the molecule is CCC(C)C(=O)NC1CCN(C(=O)c2ccc(NC(=O)NC34CC5C[C@@](C)(C3)C[C@](C)(C5)C4)cc2)CC1. The van der Waals surface area contributed by atoms with E-state index in [1.54, 1.807) is 12.1 Å². The zero-order valence-corrected chi connectivity index (χ0v) is 23.0. The largest absolute Gasteiger partial charge is 0.353 e. The molecule has 1 aromatic rings. The van der Waals surface area contributed by atoms with Gasteiger partial charge in [-0.15, -0.1) is 0 Å². The van der Waals surface area contributed by atoms with Gasteiger partial charge in [0.1, 0.15) is 0 Å². The molecule has 7 nitrogen and oxygen atoms in total. The van der Waals surface area contributed by atoms with Gasteiger partial charge in [-0.1, -0.05) is 27.7 Å². The van der Waals surface area contributed by atoms with Crippen LogP contribution in [-0.4, -0.2) is 47.4 Å². The minimum absolute atomic E-state index is 0.00207. The molecular formula is C30H44N4O3. The minimum atomic E-state index is -0.144. The average molecular weight is 509 g/mol. The highest BCUT2D eigenvalue weighted by molar-refractivity contribution is 5.95. The summed E-state index contributed by atoms with van der Waals surface area (Å²) in [4.78, 5) is 40.1. The Kier molecular flexibility index (Phi) is 6.78. The minimum Gasteiger partial charge on any atom is -0.353 e. The van der Waals surface area contributed by atoms with E-state index < -0.39 is 0 Å². The van der Waals surface area contributed by atoms with E-state index in [1.165, 1.54) is 19.3 Å². The summed E-state index contributed by atoms with van der Waals surface area (Å²) in [6.07, 6.45) is 9.49. The first-order valence-electron chi connectivity index (χ1n) is 14.3. The number of carbonyl (C=O) groups is 3. The van der Waals surface area contributed by atoms with Gasteiger partial charge in [0.25, 0.3) is 5.91 Å². The van der Waals surface area contributed by atoms with Crippen LogP contribution in [-0.2, 0) is 4.79 Å². The van der Waals surface area contributed by atoms with Crippen molar-refractivity contribution in [2.24, 2.45) is 22.7 Å². The molecule has 1 saturated heterocycles. The van der Waals surface area contributed by atoms with Crippen LogP contribution in [0.2, 0.25) is 0 Å². The van der Waals surface area contributed by atoms with Crippen molar-refractivity contribution < 1.29 is 14.4 Å². The second-order valence-corrected chi connectivity index (χ2v) is 13.5. The van der Waals surface area contributed by atoms with Crippen molar-refractivity contribution in [2.75, 3.05) is 18.4 Å².